The number of benzene rings is 1. The number of allylic oxidation sites excluding steroid dienone is 5. The fourth-order valence-electron chi connectivity index (χ4n) is 6.17. The van der Waals surface area contributed by atoms with E-state index < -0.39 is 22.8 Å². The van der Waals surface area contributed by atoms with Gasteiger partial charge in [0.1, 0.15) is 5.83 Å². The average Bonchev–Trinajstić information content (AvgIpc) is 2.98. The molecule has 0 aromatic heterocycles. The molecule has 3 N–H and O–H groups in total. The molecule has 7 nitrogen and oxygen atoms in total. The Labute approximate surface area is 274 Å². The highest BCUT2D eigenvalue weighted by molar-refractivity contribution is 5.85. The van der Waals surface area contributed by atoms with Crippen LogP contribution in [0.3, 0.4) is 0 Å². The molecule has 1 heterocycles. The molecule has 2 unspecified atom stereocenters. The number of nitrogens with zero attached hydrogens (tertiary/aromatic N) is 3. The summed E-state index contributed by atoms with van der Waals surface area (Å²) in [6, 6.07) is 5.92. The number of rotatable bonds is 13. The second kappa shape index (κ2) is 15.5. The molecule has 46 heavy (non-hydrogen) atoms. The van der Waals surface area contributed by atoms with Crippen molar-refractivity contribution >= 4 is 17.5 Å². The third-order valence-corrected chi connectivity index (χ3v) is 8.70. The van der Waals surface area contributed by atoms with Gasteiger partial charge in [0.05, 0.1) is 13.2 Å². The number of aliphatic imine (C=N–C) groups is 1. The maximum atomic E-state index is 15.5. The van der Waals surface area contributed by atoms with Crippen molar-refractivity contribution in [2.45, 2.75) is 67.5 Å². The fraction of sp³-hybridized carbons (Fsp3) is 0.486. The van der Waals surface area contributed by atoms with Crippen LogP contribution in [0.25, 0.3) is 5.57 Å². The first-order valence-electron chi connectivity index (χ1n) is 15.9. The SMILES string of the molecule is C=C(NN(C)CC1=CCC(C)(CN2CCOCC2)C(F)=C1F)C(=C(C)C)C(C)(O)Nc1ccc(C)cc1C(=C)/C(C)=C(/C)N=CC. The molecule has 1 aromatic rings. The van der Waals surface area contributed by atoms with E-state index in [9.17, 15) is 5.11 Å². The number of aryl methyl sites for hydroxylation is 1. The van der Waals surface area contributed by atoms with Crippen LogP contribution in [0.5, 0.6) is 0 Å². The van der Waals surface area contributed by atoms with Crippen molar-refractivity contribution in [3.8, 4) is 0 Å². The normalized spacial score (nSPS) is 21.1. The highest BCUT2D eigenvalue weighted by atomic mass is 19.2. The number of aliphatic hydroxyl groups is 1. The molecule has 2 aliphatic rings. The summed E-state index contributed by atoms with van der Waals surface area (Å²) in [6.45, 7) is 26.8. The number of ether oxygens (including phenoxy) is 1. The number of hydrogen-bond acceptors (Lipinski definition) is 7. The molecule has 9 heteroatoms. The van der Waals surface area contributed by atoms with Gasteiger partial charge in [0.25, 0.3) is 0 Å². The van der Waals surface area contributed by atoms with Crippen molar-refractivity contribution in [2.24, 2.45) is 10.4 Å². The molecular weight excluding hydrogens is 584 g/mol. The summed E-state index contributed by atoms with van der Waals surface area (Å²) in [4.78, 5) is 6.54. The van der Waals surface area contributed by atoms with Gasteiger partial charge in [0, 0.05) is 78.6 Å². The van der Waals surface area contributed by atoms with E-state index in [1.807, 2.05) is 59.7 Å². The van der Waals surface area contributed by atoms with Crippen molar-refractivity contribution in [2.75, 3.05) is 51.8 Å². The van der Waals surface area contributed by atoms with Crippen molar-refractivity contribution in [3.63, 3.8) is 0 Å². The number of hydrazine groups is 1. The second-order valence-electron chi connectivity index (χ2n) is 13.2. The molecule has 0 spiro atoms. The van der Waals surface area contributed by atoms with Gasteiger partial charge in [0.15, 0.2) is 11.6 Å². The Morgan fingerprint density at radius 3 is 2.46 bits per heavy atom. The highest BCUT2D eigenvalue weighted by Crippen LogP contribution is 2.42. The molecule has 1 aliphatic carbocycles. The standard InChI is InChI=1S/C37H53F2N5O2/c1-12-40-28(7)26(5)27(6)31-21-25(4)13-14-32(31)41-37(10,45)33(24(2)3)29(8)42-43(11)22-30-15-16-36(9,35(39)34(30)38)23-44-17-19-46-20-18-44/h12-15,21,41-42,45H,6,8,16-20,22-23H2,1-5,7,9-11H3/b28-26-,40-12?. The lowest BCUT2D eigenvalue weighted by Crippen LogP contribution is -2.45. The lowest BCUT2D eigenvalue weighted by molar-refractivity contribution is 0.0202. The number of morpholine rings is 1. The minimum atomic E-state index is -1.55. The largest absolute Gasteiger partial charge is 0.379 e. The zero-order valence-corrected chi connectivity index (χ0v) is 29.2. The van der Waals surface area contributed by atoms with Crippen molar-refractivity contribution in [1.82, 2.24) is 15.3 Å². The van der Waals surface area contributed by atoms with Crippen LogP contribution in [0.2, 0.25) is 0 Å². The molecule has 1 aliphatic heterocycles. The lowest BCUT2D eigenvalue weighted by Gasteiger charge is -2.38. The molecule has 1 aromatic carbocycles. The van der Waals surface area contributed by atoms with E-state index in [0.29, 0.717) is 56.2 Å². The summed E-state index contributed by atoms with van der Waals surface area (Å²) >= 11 is 0. The molecule has 1 saturated heterocycles. The summed E-state index contributed by atoms with van der Waals surface area (Å²) in [6.07, 6.45) is 3.93. The Balaban J connectivity index is 1.77. The first-order valence-corrected chi connectivity index (χ1v) is 15.9. The molecule has 0 amide bonds. The average molecular weight is 638 g/mol. The number of halogens is 2. The molecule has 1 fully saturated rings. The summed E-state index contributed by atoms with van der Waals surface area (Å²) in [5.74, 6) is -1.52. The van der Waals surface area contributed by atoms with Gasteiger partial charge in [-0.3, -0.25) is 9.89 Å². The monoisotopic (exact) mass is 637 g/mol. The number of hydrogen-bond donors (Lipinski definition) is 3. The molecule has 252 valence electrons. The Hall–Kier alpha value is -3.37. The van der Waals surface area contributed by atoms with E-state index in [2.05, 4.69) is 33.8 Å². The summed E-state index contributed by atoms with van der Waals surface area (Å²) in [5, 5.41) is 16.8. The minimum Gasteiger partial charge on any atom is -0.379 e. The third kappa shape index (κ3) is 8.91. The van der Waals surface area contributed by atoms with Gasteiger partial charge in [-0.2, -0.15) is 0 Å². The van der Waals surface area contributed by atoms with Gasteiger partial charge in [0.2, 0.25) is 0 Å². The maximum Gasteiger partial charge on any atom is 0.161 e. The van der Waals surface area contributed by atoms with Crippen LogP contribution in [-0.4, -0.2) is 73.4 Å². The summed E-state index contributed by atoms with van der Waals surface area (Å²) < 4.78 is 36.3. The lowest BCUT2D eigenvalue weighted by atomic mass is 9.79. The van der Waals surface area contributed by atoms with Crippen LogP contribution in [0.1, 0.15) is 66.0 Å². The van der Waals surface area contributed by atoms with Gasteiger partial charge >= 0.3 is 0 Å². The van der Waals surface area contributed by atoms with E-state index in [1.165, 1.54) is 0 Å². The Kier molecular flexibility index (Phi) is 12.5. The Bertz CT molecular complexity index is 1480. The number of nitrogens with one attached hydrogen (secondary N) is 2. The topological polar surface area (TPSA) is 72.4 Å². The zero-order valence-electron chi connectivity index (χ0n) is 29.2. The van der Waals surface area contributed by atoms with Gasteiger partial charge in [-0.1, -0.05) is 43.4 Å². The maximum absolute atomic E-state index is 15.5. The molecule has 2 atom stereocenters. The Morgan fingerprint density at radius 1 is 1.20 bits per heavy atom. The molecular formula is C37H53F2N5O2. The van der Waals surface area contributed by atoms with E-state index in [1.54, 1.807) is 38.2 Å². The number of anilines is 1. The predicted molar refractivity (Wildman–Crippen MR) is 188 cm³/mol. The summed E-state index contributed by atoms with van der Waals surface area (Å²) in [7, 11) is 1.74. The van der Waals surface area contributed by atoms with Gasteiger partial charge in [-0.05, 0) is 78.2 Å². The van der Waals surface area contributed by atoms with E-state index >= 15 is 8.78 Å². The third-order valence-electron chi connectivity index (χ3n) is 8.70. The quantitative estimate of drug-likeness (QED) is 0.0895. The number of likely N-dealkylation sites (N-methyl/N-ethyl adjacent to an activating group) is 1. The van der Waals surface area contributed by atoms with Gasteiger partial charge in [-0.25, -0.2) is 13.8 Å². The second-order valence-corrected chi connectivity index (χ2v) is 13.2. The van der Waals surface area contributed by atoms with Gasteiger partial charge < -0.3 is 20.6 Å². The van der Waals surface area contributed by atoms with E-state index in [0.717, 1.165) is 33.5 Å². The first kappa shape index (κ1) is 37.1. The van der Waals surface area contributed by atoms with Crippen LogP contribution < -0.4 is 10.7 Å². The van der Waals surface area contributed by atoms with E-state index in [4.69, 9.17) is 4.74 Å². The fourth-order valence-corrected chi connectivity index (χ4v) is 6.17. The molecule has 3 rings (SSSR count). The zero-order chi connectivity index (χ0) is 34.4. The van der Waals surface area contributed by atoms with Crippen molar-refractivity contribution in [1.29, 1.82) is 0 Å². The minimum absolute atomic E-state index is 0.102. The van der Waals surface area contributed by atoms with Crippen molar-refractivity contribution < 1.29 is 18.6 Å². The van der Waals surface area contributed by atoms with E-state index in [-0.39, 0.29) is 12.1 Å². The van der Waals surface area contributed by atoms with Crippen molar-refractivity contribution in [3.05, 3.63) is 93.9 Å². The van der Waals surface area contributed by atoms with Crippen LogP contribution in [0.4, 0.5) is 14.5 Å². The van der Waals surface area contributed by atoms with Crippen LogP contribution in [-0.2, 0) is 4.74 Å². The van der Waals surface area contributed by atoms with Gasteiger partial charge in [-0.15, -0.1) is 0 Å². The highest BCUT2D eigenvalue weighted by Gasteiger charge is 2.38. The van der Waals surface area contributed by atoms with Crippen LogP contribution in [0, 0.1) is 12.3 Å². The predicted octanol–water partition coefficient (Wildman–Crippen LogP) is 7.62. The molecule has 0 bridgehead atoms. The molecule has 0 saturated carbocycles. The summed E-state index contributed by atoms with van der Waals surface area (Å²) in [5.41, 5.74) is 7.97. The van der Waals surface area contributed by atoms with Crippen LogP contribution >= 0.6 is 0 Å². The Morgan fingerprint density at radius 2 is 1.85 bits per heavy atom. The molecule has 0 radical (unpaired) electrons. The van der Waals surface area contributed by atoms with Crippen LogP contribution in [0.15, 0.2) is 87.8 Å². The first-order chi connectivity index (χ1) is 21.5. The smallest absolute Gasteiger partial charge is 0.161 e.